The number of amides is 2. The number of nitrogens with zero attached hydrogens (tertiary/aromatic N) is 1. The zero-order valence-electron chi connectivity index (χ0n) is 16.6. The van der Waals surface area contributed by atoms with Crippen molar-refractivity contribution in [3.05, 3.63) is 42.0 Å². The number of fused-ring (bicyclic) bond motifs is 2. The number of hydrogen-bond donors (Lipinski definition) is 1. The number of ether oxygens (including phenoxy) is 3. The van der Waals surface area contributed by atoms with E-state index in [-0.39, 0.29) is 18.6 Å². The highest BCUT2D eigenvalue weighted by Gasteiger charge is 2.31. The summed E-state index contributed by atoms with van der Waals surface area (Å²) in [6.45, 7) is 4.67. The molecule has 152 valence electrons. The van der Waals surface area contributed by atoms with Crippen molar-refractivity contribution in [3.8, 4) is 17.2 Å². The molecule has 2 heterocycles. The molecule has 4 rings (SSSR count). The van der Waals surface area contributed by atoms with E-state index in [1.165, 1.54) is 0 Å². The van der Waals surface area contributed by atoms with Crippen molar-refractivity contribution in [2.75, 3.05) is 23.6 Å². The Hall–Kier alpha value is -3.22. The van der Waals surface area contributed by atoms with E-state index >= 15 is 0 Å². The standard InChI is InChI=1S/C22H24N2O5/c1-3-4-5-10-24-17-12-16(7-9-18(17)29-14(2)22(24)26)23-21(25)15-6-8-19-20(11-15)28-13-27-19/h6-9,11-12,14H,3-5,10,13H2,1-2H3,(H,23,25). The van der Waals surface area contributed by atoms with Crippen LogP contribution in [0.4, 0.5) is 11.4 Å². The van der Waals surface area contributed by atoms with Gasteiger partial charge in [0.1, 0.15) is 5.75 Å². The number of hydrogen-bond acceptors (Lipinski definition) is 5. The van der Waals surface area contributed by atoms with Gasteiger partial charge < -0.3 is 24.4 Å². The molecule has 2 aromatic carbocycles. The Morgan fingerprint density at radius 3 is 2.72 bits per heavy atom. The first-order valence-electron chi connectivity index (χ1n) is 9.90. The molecule has 0 bridgehead atoms. The van der Waals surface area contributed by atoms with Crippen molar-refractivity contribution in [2.24, 2.45) is 0 Å². The van der Waals surface area contributed by atoms with E-state index in [9.17, 15) is 9.59 Å². The molecule has 1 N–H and O–H groups in total. The largest absolute Gasteiger partial charge is 0.479 e. The Balaban J connectivity index is 1.55. The Labute approximate surface area is 169 Å². The molecule has 2 aliphatic rings. The number of carbonyl (C=O) groups is 2. The van der Waals surface area contributed by atoms with Crippen molar-refractivity contribution in [1.82, 2.24) is 0 Å². The summed E-state index contributed by atoms with van der Waals surface area (Å²) >= 11 is 0. The number of rotatable bonds is 6. The Kier molecular flexibility index (Phi) is 5.29. The fraction of sp³-hybridized carbons (Fsp3) is 0.364. The maximum atomic E-state index is 12.7. The van der Waals surface area contributed by atoms with Gasteiger partial charge in [0.15, 0.2) is 17.6 Å². The number of anilines is 2. The monoisotopic (exact) mass is 396 g/mol. The molecule has 0 aliphatic carbocycles. The quantitative estimate of drug-likeness (QED) is 0.748. The fourth-order valence-corrected chi connectivity index (χ4v) is 3.48. The van der Waals surface area contributed by atoms with Crippen LogP contribution in [0, 0.1) is 0 Å². The maximum Gasteiger partial charge on any atom is 0.267 e. The minimum atomic E-state index is -0.516. The summed E-state index contributed by atoms with van der Waals surface area (Å²) in [5.74, 6) is 1.50. The number of carbonyl (C=O) groups excluding carboxylic acids is 2. The molecule has 7 heteroatoms. The van der Waals surface area contributed by atoms with E-state index < -0.39 is 6.10 Å². The molecule has 0 radical (unpaired) electrons. The molecule has 1 atom stereocenters. The maximum absolute atomic E-state index is 12.7. The molecule has 29 heavy (non-hydrogen) atoms. The average molecular weight is 396 g/mol. The summed E-state index contributed by atoms with van der Waals surface area (Å²) in [6, 6.07) is 10.4. The highest BCUT2D eigenvalue weighted by Crippen LogP contribution is 2.37. The first kappa shape index (κ1) is 19.1. The highest BCUT2D eigenvalue weighted by molar-refractivity contribution is 6.06. The molecule has 0 aromatic heterocycles. The van der Waals surface area contributed by atoms with Gasteiger partial charge in [0.05, 0.1) is 5.69 Å². The molecular formula is C22H24N2O5. The molecule has 2 amide bonds. The summed E-state index contributed by atoms with van der Waals surface area (Å²) in [6.07, 6.45) is 2.53. The lowest BCUT2D eigenvalue weighted by Crippen LogP contribution is -2.44. The van der Waals surface area contributed by atoms with E-state index in [2.05, 4.69) is 12.2 Å². The lowest BCUT2D eigenvalue weighted by molar-refractivity contribution is -0.125. The van der Waals surface area contributed by atoms with Crippen LogP contribution in [0.15, 0.2) is 36.4 Å². The zero-order chi connectivity index (χ0) is 20.4. The second-order valence-electron chi connectivity index (χ2n) is 7.16. The van der Waals surface area contributed by atoms with Crippen LogP contribution in [0.25, 0.3) is 0 Å². The minimum absolute atomic E-state index is 0.0622. The van der Waals surface area contributed by atoms with Crippen LogP contribution in [-0.4, -0.2) is 31.3 Å². The van der Waals surface area contributed by atoms with Gasteiger partial charge >= 0.3 is 0 Å². The zero-order valence-corrected chi connectivity index (χ0v) is 16.6. The van der Waals surface area contributed by atoms with Gasteiger partial charge in [-0.15, -0.1) is 0 Å². The molecule has 0 fully saturated rings. The van der Waals surface area contributed by atoms with Crippen molar-refractivity contribution in [3.63, 3.8) is 0 Å². The van der Waals surface area contributed by atoms with Crippen molar-refractivity contribution < 1.29 is 23.8 Å². The molecular weight excluding hydrogens is 372 g/mol. The van der Waals surface area contributed by atoms with Crippen LogP contribution in [0.2, 0.25) is 0 Å². The number of nitrogens with one attached hydrogen (secondary N) is 1. The smallest absolute Gasteiger partial charge is 0.267 e. The number of benzene rings is 2. The molecule has 0 saturated heterocycles. The van der Waals surface area contributed by atoms with Crippen LogP contribution in [-0.2, 0) is 4.79 Å². The predicted octanol–water partition coefficient (Wildman–Crippen LogP) is 3.97. The van der Waals surface area contributed by atoms with Crippen LogP contribution >= 0.6 is 0 Å². The van der Waals surface area contributed by atoms with Crippen molar-refractivity contribution in [1.29, 1.82) is 0 Å². The van der Waals surface area contributed by atoms with Gasteiger partial charge in [0.25, 0.3) is 11.8 Å². The van der Waals surface area contributed by atoms with E-state index in [0.717, 1.165) is 19.3 Å². The van der Waals surface area contributed by atoms with Gasteiger partial charge in [-0.1, -0.05) is 19.8 Å². The summed E-state index contributed by atoms with van der Waals surface area (Å²) in [4.78, 5) is 27.1. The van der Waals surface area contributed by atoms with Crippen LogP contribution in [0.3, 0.4) is 0 Å². The van der Waals surface area contributed by atoms with Gasteiger partial charge in [0, 0.05) is 17.8 Å². The van der Waals surface area contributed by atoms with Gasteiger partial charge in [-0.3, -0.25) is 9.59 Å². The Morgan fingerprint density at radius 2 is 1.90 bits per heavy atom. The predicted molar refractivity (Wildman–Crippen MR) is 109 cm³/mol. The number of unbranched alkanes of at least 4 members (excludes halogenated alkanes) is 2. The molecule has 0 spiro atoms. The third-order valence-corrected chi connectivity index (χ3v) is 5.05. The summed E-state index contributed by atoms with van der Waals surface area (Å²) in [7, 11) is 0. The summed E-state index contributed by atoms with van der Waals surface area (Å²) in [5.41, 5.74) is 1.75. The molecule has 2 aromatic rings. The SMILES string of the molecule is CCCCCN1C(=O)C(C)Oc2ccc(NC(=O)c3ccc4c(c3)OCO4)cc21. The van der Waals surface area contributed by atoms with Gasteiger partial charge in [0.2, 0.25) is 6.79 Å². The topological polar surface area (TPSA) is 77.1 Å². The van der Waals surface area contributed by atoms with Gasteiger partial charge in [-0.05, 0) is 49.7 Å². The van der Waals surface area contributed by atoms with E-state index in [1.807, 2.05) is 0 Å². The van der Waals surface area contributed by atoms with Crippen LogP contribution < -0.4 is 24.4 Å². The third kappa shape index (κ3) is 3.85. The normalized spacial score (nSPS) is 17.0. The first-order valence-corrected chi connectivity index (χ1v) is 9.90. The van der Waals surface area contributed by atoms with E-state index in [1.54, 1.807) is 48.2 Å². The second kappa shape index (κ2) is 8.03. The van der Waals surface area contributed by atoms with Crippen LogP contribution in [0.1, 0.15) is 43.5 Å². The average Bonchev–Trinajstić information content (AvgIpc) is 3.19. The van der Waals surface area contributed by atoms with E-state index in [0.29, 0.717) is 40.7 Å². The summed E-state index contributed by atoms with van der Waals surface area (Å²) in [5, 5.41) is 2.88. The van der Waals surface area contributed by atoms with Gasteiger partial charge in [-0.2, -0.15) is 0 Å². The van der Waals surface area contributed by atoms with Crippen LogP contribution in [0.5, 0.6) is 17.2 Å². The second-order valence-corrected chi connectivity index (χ2v) is 7.16. The lowest BCUT2D eigenvalue weighted by atomic mass is 10.1. The van der Waals surface area contributed by atoms with Crippen molar-refractivity contribution in [2.45, 2.75) is 39.2 Å². The molecule has 2 aliphatic heterocycles. The minimum Gasteiger partial charge on any atom is -0.479 e. The molecule has 7 nitrogen and oxygen atoms in total. The third-order valence-electron chi connectivity index (χ3n) is 5.05. The molecule has 1 unspecified atom stereocenters. The molecule has 0 saturated carbocycles. The van der Waals surface area contributed by atoms with Crippen molar-refractivity contribution >= 4 is 23.2 Å². The van der Waals surface area contributed by atoms with E-state index in [4.69, 9.17) is 14.2 Å². The lowest BCUT2D eigenvalue weighted by Gasteiger charge is -2.33. The highest BCUT2D eigenvalue weighted by atomic mass is 16.7. The van der Waals surface area contributed by atoms with Gasteiger partial charge in [-0.25, -0.2) is 0 Å². The Morgan fingerprint density at radius 1 is 1.10 bits per heavy atom. The summed E-state index contributed by atoms with van der Waals surface area (Å²) < 4.78 is 16.4. The first-order chi connectivity index (χ1) is 14.1. The fourth-order valence-electron chi connectivity index (χ4n) is 3.48. The Bertz CT molecular complexity index is 943.